The maximum atomic E-state index is 12.2. The Hall–Kier alpha value is -1.50. The molecule has 6 nitrogen and oxygen atoms in total. The number of carbonyl (C=O) groups is 2. The lowest BCUT2D eigenvalue weighted by molar-refractivity contribution is -0.126. The van der Waals surface area contributed by atoms with Crippen molar-refractivity contribution in [3.8, 4) is 0 Å². The molecule has 1 aliphatic carbocycles. The molecule has 20 heavy (non-hydrogen) atoms. The Bertz CT molecular complexity index is 522. The molecule has 1 fully saturated rings. The molecular formula is C13H20N4O2S. The molecule has 110 valence electrons. The minimum absolute atomic E-state index is 0.00670. The molecule has 2 amide bonds. The summed E-state index contributed by atoms with van der Waals surface area (Å²) < 4.78 is 4.30. The Labute approximate surface area is 122 Å². The van der Waals surface area contributed by atoms with Crippen molar-refractivity contribution in [1.29, 1.82) is 0 Å². The third-order valence-corrected chi connectivity index (χ3v) is 4.13. The standard InChI is InChI=1S/C13H20N4O2S/c1-7(2)9(14-8(3)18)10(19)15-12-16-11(17-20-12)13(4)5-6-13/h7,9H,5-6H2,1-4H3,(H,14,18)(H,15,16,17,19)/t9-/m1/s1. The van der Waals surface area contributed by atoms with Crippen molar-refractivity contribution in [3.63, 3.8) is 0 Å². The zero-order valence-electron chi connectivity index (χ0n) is 12.2. The predicted molar refractivity (Wildman–Crippen MR) is 77.6 cm³/mol. The van der Waals surface area contributed by atoms with Gasteiger partial charge in [0.1, 0.15) is 6.04 Å². The highest BCUT2D eigenvalue weighted by Crippen LogP contribution is 2.46. The molecule has 1 heterocycles. The highest BCUT2D eigenvalue weighted by molar-refractivity contribution is 7.09. The number of rotatable bonds is 5. The molecule has 0 aromatic carbocycles. The smallest absolute Gasteiger partial charge is 0.249 e. The van der Waals surface area contributed by atoms with Crippen molar-refractivity contribution >= 4 is 28.5 Å². The van der Waals surface area contributed by atoms with Crippen molar-refractivity contribution in [2.75, 3.05) is 5.32 Å². The molecule has 0 radical (unpaired) electrons. The van der Waals surface area contributed by atoms with E-state index in [0.717, 1.165) is 18.7 Å². The molecule has 7 heteroatoms. The molecule has 0 bridgehead atoms. The van der Waals surface area contributed by atoms with E-state index in [2.05, 4.69) is 26.9 Å². The first-order valence-corrected chi connectivity index (χ1v) is 7.51. The van der Waals surface area contributed by atoms with Gasteiger partial charge in [-0.15, -0.1) is 0 Å². The van der Waals surface area contributed by atoms with Crippen LogP contribution in [0, 0.1) is 5.92 Å². The molecule has 1 atom stereocenters. The summed E-state index contributed by atoms with van der Waals surface area (Å²) in [5.41, 5.74) is 0.0918. The predicted octanol–water partition coefficient (Wildman–Crippen LogP) is 1.69. The zero-order valence-corrected chi connectivity index (χ0v) is 13.0. The molecule has 1 saturated carbocycles. The van der Waals surface area contributed by atoms with E-state index >= 15 is 0 Å². The Morgan fingerprint density at radius 2 is 2.00 bits per heavy atom. The number of amides is 2. The van der Waals surface area contributed by atoms with E-state index in [1.54, 1.807) is 0 Å². The number of hydrogen-bond acceptors (Lipinski definition) is 5. The van der Waals surface area contributed by atoms with Gasteiger partial charge in [-0.05, 0) is 18.8 Å². The van der Waals surface area contributed by atoms with Gasteiger partial charge in [-0.3, -0.25) is 14.9 Å². The van der Waals surface area contributed by atoms with Gasteiger partial charge in [0.15, 0.2) is 5.82 Å². The van der Waals surface area contributed by atoms with Crippen molar-refractivity contribution in [2.24, 2.45) is 5.92 Å². The van der Waals surface area contributed by atoms with Crippen LogP contribution in [0.4, 0.5) is 5.13 Å². The van der Waals surface area contributed by atoms with Crippen molar-refractivity contribution in [3.05, 3.63) is 5.82 Å². The van der Waals surface area contributed by atoms with Crippen LogP contribution in [0.25, 0.3) is 0 Å². The number of anilines is 1. The van der Waals surface area contributed by atoms with Crippen LogP contribution in [-0.2, 0) is 15.0 Å². The first-order chi connectivity index (χ1) is 9.32. The van der Waals surface area contributed by atoms with E-state index in [0.29, 0.717) is 5.13 Å². The lowest BCUT2D eigenvalue weighted by Crippen LogP contribution is -2.46. The van der Waals surface area contributed by atoms with Gasteiger partial charge in [-0.2, -0.15) is 4.37 Å². The fraction of sp³-hybridized carbons (Fsp3) is 0.692. The molecule has 0 aliphatic heterocycles. The molecule has 2 N–H and O–H groups in total. The Morgan fingerprint density at radius 3 is 2.50 bits per heavy atom. The van der Waals surface area contributed by atoms with Gasteiger partial charge in [-0.1, -0.05) is 20.8 Å². The second-order valence-corrected chi connectivity index (χ2v) is 6.65. The van der Waals surface area contributed by atoms with Crippen LogP contribution in [0.1, 0.15) is 46.4 Å². The Morgan fingerprint density at radius 1 is 1.35 bits per heavy atom. The van der Waals surface area contributed by atoms with E-state index in [1.165, 1.54) is 18.5 Å². The van der Waals surface area contributed by atoms with Gasteiger partial charge in [0, 0.05) is 23.9 Å². The second-order valence-electron chi connectivity index (χ2n) is 5.90. The van der Waals surface area contributed by atoms with Gasteiger partial charge >= 0.3 is 0 Å². The van der Waals surface area contributed by atoms with Crippen LogP contribution in [0.15, 0.2) is 0 Å². The first kappa shape index (κ1) is 14.9. The molecule has 1 aliphatic rings. The highest BCUT2D eigenvalue weighted by atomic mass is 32.1. The lowest BCUT2D eigenvalue weighted by Gasteiger charge is -2.19. The van der Waals surface area contributed by atoms with E-state index in [4.69, 9.17) is 0 Å². The van der Waals surface area contributed by atoms with E-state index in [1.807, 2.05) is 13.8 Å². The Balaban J connectivity index is 2.02. The van der Waals surface area contributed by atoms with Crippen LogP contribution in [0.3, 0.4) is 0 Å². The zero-order chi connectivity index (χ0) is 14.9. The minimum atomic E-state index is -0.559. The van der Waals surface area contributed by atoms with Gasteiger partial charge in [0.05, 0.1) is 0 Å². The first-order valence-electron chi connectivity index (χ1n) is 6.74. The monoisotopic (exact) mass is 296 g/mol. The maximum absolute atomic E-state index is 12.2. The van der Waals surface area contributed by atoms with Gasteiger partial charge in [-0.25, -0.2) is 4.98 Å². The molecule has 1 aromatic rings. The average molecular weight is 296 g/mol. The average Bonchev–Trinajstić information content (AvgIpc) is 2.91. The number of nitrogens with one attached hydrogen (secondary N) is 2. The summed E-state index contributed by atoms with van der Waals surface area (Å²) in [6.45, 7) is 7.29. The number of carbonyl (C=O) groups excluding carboxylic acids is 2. The summed E-state index contributed by atoms with van der Waals surface area (Å²) in [4.78, 5) is 27.7. The third kappa shape index (κ3) is 3.33. The summed E-state index contributed by atoms with van der Waals surface area (Å²) in [5.74, 6) is 0.340. The van der Waals surface area contributed by atoms with Crippen LogP contribution in [0.5, 0.6) is 0 Å². The third-order valence-electron chi connectivity index (χ3n) is 3.50. The van der Waals surface area contributed by atoms with Crippen LogP contribution >= 0.6 is 11.5 Å². The number of nitrogens with zero attached hydrogens (tertiary/aromatic N) is 2. The molecule has 2 rings (SSSR count). The normalized spacial score (nSPS) is 17.6. The van der Waals surface area contributed by atoms with E-state index in [-0.39, 0.29) is 23.1 Å². The van der Waals surface area contributed by atoms with Crippen molar-refractivity contribution in [2.45, 2.75) is 52.0 Å². The van der Waals surface area contributed by atoms with Crippen molar-refractivity contribution in [1.82, 2.24) is 14.7 Å². The van der Waals surface area contributed by atoms with Crippen molar-refractivity contribution < 1.29 is 9.59 Å². The maximum Gasteiger partial charge on any atom is 0.249 e. The highest BCUT2D eigenvalue weighted by Gasteiger charge is 2.43. The number of hydrogen-bond donors (Lipinski definition) is 2. The molecule has 0 saturated heterocycles. The summed E-state index contributed by atoms with van der Waals surface area (Å²) in [6, 6.07) is -0.559. The van der Waals surface area contributed by atoms with E-state index in [9.17, 15) is 9.59 Å². The lowest BCUT2D eigenvalue weighted by atomic mass is 10.0. The fourth-order valence-electron chi connectivity index (χ4n) is 1.87. The molecule has 0 spiro atoms. The summed E-state index contributed by atoms with van der Waals surface area (Å²) in [7, 11) is 0. The Kier molecular flexibility index (Phi) is 4.08. The SMILES string of the molecule is CC(=O)N[C@@H](C(=O)Nc1nc(C2(C)CC2)ns1)C(C)C. The molecular weight excluding hydrogens is 276 g/mol. The minimum Gasteiger partial charge on any atom is -0.344 e. The van der Waals surface area contributed by atoms with Crippen LogP contribution in [-0.4, -0.2) is 27.2 Å². The molecule has 0 unspecified atom stereocenters. The molecule has 1 aromatic heterocycles. The van der Waals surface area contributed by atoms with Crippen LogP contribution < -0.4 is 10.6 Å². The van der Waals surface area contributed by atoms with Gasteiger partial charge in [0.2, 0.25) is 16.9 Å². The van der Waals surface area contributed by atoms with Crippen LogP contribution in [0.2, 0.25) is 0 Å². The van der Waals surface area contributed by atoms with E-state index < -0.39 is 6.04 Å². The van der Waals surface area contributed by atoms with Gasteiger partial charge < -0.3 is 5.32 Å². The number of aromatic nitrogens is 2. The fourth-order valence-corrected chi connectivity index (χ4v) is 2.58. The van der Waals surface area contributed by atoms with Gasteiger partial charge in [0.25, 0.3) is 0 Å². The largest absolute Gasteiger partial charge is 0.344 e. The summed E-state index contributed by atoms with van der Waals surface area (Å²) in [6.07, 6.45) is 2.19. The second kappa shape index (κ2) is 5.47. The summed E-state index contributed by atoms with van der Waals surface area (Å²) >= 11 is 1.19. The quantitative estimate of drug-likeness (QED) is 0.866. The summed E-state index contributed by atoms with van der Waals surface area (Å²) in [5, 5.41) is 5.89. The topological polar surface area (TPSA) is 84.0 Å².